The molecule has 1 atom stereocenters. The van der Waals surface area contributed by atoms with E-state index >= 15 is 0 Å². The number of aldehydes is 1. The molecule has 0 aromatic carbocycles. The van der Waals surface area contributed by atoms with Crippen molar-refractivity contribution < 1.29 is 19.1 Å². The van der Waals surface area contributed by atoms with Crippen molar-refractivity contribution in [2.75, 3.05) is 0 Å². The molecular formula is C11H22O4Si. The quantitative estimate of drug-likeness (QED) is 0.577. The summed E-state index contributed by atoms with van der Waals surface area (Å²) in [5.74, 6) is -0.898. The molecule has 0 aromatic rings. The lowest BCUT2D eigenvalue weighted by Gasteiger charge is -2.37. The largest absolute Gasteiger partial charge is 0.481 e. The van der Waals surface area contributed by atoms with E-state index in [0.717, 1.165) is 0 Å². The SMILES string of the molecule is CC(C)(C)[Si](C)(C)O[C@H](C=O)CCC(=O)O. The van der Waals surface area contributed by atoms with E-state index < -0.39 is 20.4 Å². The fourth-order valence-electron chi connectivity index (χ4n) is 0.976. The van der Waals surface area contributed by atoms with Crippen LogP contribution in [0.5, 0.6) is 0 Å². The summed E-state index contributed by atoms with van der Waals surface area (Å²) in [6.45, 7) is 10.3. The fraction of sp³-hybridized carbons (Fsp3) is 0.818. The van der Waals surface area contributed by atoms with Crippen molar-refractivity contribution >= 4 is 20.6 Å². The van der Waals surface area contributed by atoms with Gasteiger partial charge in [-0.15, -0.1) is 0 Å². The van der Waals surface area contributed by atoms with Crippen molar-refractivity contribution in [3.8, 4) is 0 Å². The molecule has 94 valence electrons. The lowest BCUT2D eigenvalue weighted by Crippen LogP contribution is -2.44. The number of carbonyl (C=O) groups is 2. The van der Waals surface area contributed by atoms with E-state index in [4.69, 9.17) is 9.53 Å². The molecular weight excluding hydrogens is 224 g/mol. The Morgan fingerprint density at radius 2 is 1.94 bits per heavy atom. The molecule has 0 radical (unpaired) electrons. The van der Waals surface area contributed by atoms with Crippen LogP contribution in [0.3, 0.4) is 0 Å². The first-order chi connectivity index (χ1) is 7.10. The van der Waals surface area contributed by atoms with E-state index in [-0.39, 0.29) is 17.9 Å². The number of hydrogen-bond donors (Lipinski definition) is 1. The number of carboxylic acids is 1. The number of rotatable bonds is 6. The smallest absolute Gasteiger partial charge is 0.303 e. The van der Waals surface area contributed by atoms with Crippen LogP contribution < -0.4 is 0 Å². The Hall–Kier alpha value is -0.683. The molecule has 5 heteroatoms. The third-order valence-corrected chi connectivity index (χ3v) is 7.55. The summed E-state index contributed by atoms with van der Waals surface area (Å²) in [4.78, 5) is 21.2. The maximum Gasteiger partial charge on any atom is 0.303 e. The van der Waals surface area contributed by atoms with E-state index in [1.54, 1.807) is 0 Å². The van der Waals surface area contributed by atoms with Crippen LogP contribution in [0, 0.1) is 0 Å². The highest BCUT2D eigenvalue weighted by Crippen LogP contribution is 2.37. The minimum absolute atomic E-state index is 0.0253. The van der Waals surface area contributed by atoms with Gasteiger partial charge in [0.1, 0.15) is 12.4 Å². The molecule has 4 nitrogen and oxygen atoms in total. The van der Waals surface area contributed by atoms with E-state index in [0.29, 0.717) is 6.29 Å². The average Bonchev–Trinajstić information content (AvgIpc) is 2.09. The Morgan fingerprint density at radius 1 is 1.44 bits per heavy atom. The lowest BCUT2D eigenvalue weighted by atomic mass is 10.2. The maximum absolute atomic E-state index is 10.8. The molecule has 0 aliphatic rings. The van der Waals surface area contributed by atoms with Gasteiger partial charge in [0.15, 0.2) is 8.32 Å². The fourth-order valence-corrected chi connectivity index (χ4v) is 2.26. The van der Waals surface area contributed by atoms with Crippen molar-refractivity contribution in [3.05, 3.63) is 0 Å². The minimum atomic E-state index is -1.99. The Bertz CT molecular complexity index is 255. The Labute approximate surface area is 98.1 Å². The minimum Gasteiger partial charge on any atom is -0.481 e. The summed E-state index contributed by atoms with van der Waals surface area (Å²) in [5.41, 5.74) is 0. The second-order valence-corrected chi connectivity index (χ2v) is 10.2. The van der Waals surface area contributed by atoms with Gasteiger partial charge in [-0.1, -0.05) is 20.8 Å². The summed E-state index contributed by atoms with van der Waals surface area (Å²) in [6.07, 6.45) is 0.351. The van der Waals surface area contributed by atoms with Crippen LogP contribution in [0.2, 0.25) is 18.1 Å². The van der Waals surface area contributed by atoms with E-state index in [2.05, 4.69) is 20.8 Å². The van der Waals surface area contributed by atoms with Crippen molar-refractivity contribution in [1.82, 2.24) is 0 Å². The van der Waals surface area contributed by atoms with Crippen molar-refractivity contribution in [2.45, 2.75) is 57.8 Å². The standard InChI is InChI=1S/C11H22O4Si/c1-11(2,3)16(4,5)15-9(8-12)6-7-10(13)14/h8-9H,6-7H2,1-5H3,(H,13,14)/t9-/m0/s1. The number of hydrogen-bond acceptors (Lipinski definition) is 3. The van der Waals surface area contributed by atoms with Gasteiger partial charge in [0.05, 0.1) is 0 Å². The van der Waals surface area contributed by atoms with Gasteiger partial charge < -0.3 is 14.3 Å². The van der Waals surface area contributed by atoms with Gasteiger partial charge in [0, 0.05) is 6.42 Å². The molecule has 0 amide bonds. The molecule has 0 rings (SSSR count). The third-order valence-electron chi connectivity index (χ3n) is 3.05. The first-order valence-electron chi connectivity index (χ1n) is 5.45. The molecule has 0 heterocycles. The van der Waals surface area contributed by atoms with Crippen LogP contribution in [-0.4, -0.2) is 31.8 Å². The van der Waals surface area contributed by atoms with Crippen LogP contribution in [0.4, 0.5) is 0 Å². The molecule has 0 aliphatic heterocycles. The molecule has 0 bridgehead atoms. The van der Waals surface area contributed by atoms with Crippen molar-refractivity contribution in [1.29, 1.82) is 0 Å². The second-order valence-electron chi connectivity index (χ2n) is 5.49. The maximum atomic E-state index is 10.8. The summed E-state index contributed by atoms with van der Waals surface area (Å²) in [5, 5.41) is 8.58. The van der Waals surface area contributed by atoms with Crippen LogP contribution in [0.15, 0.2) is 0 Å². The van der Waals surface area contributed by atoms with Gasteiger partial charge in [-0.3, -0.25) is 4.79 Å². The van der Waals surface area contributed by atoms with Gasteiger partial charge in [-0.2, -0.15) is 0 Å². The predicted octanol–water partition coefficient (Wildman–Crippen LogP) is 2.44. The molecule has 0 saturated heterocycles. The van der Waals surface area contributed by atoms with Crippen LogP contribution in [0.25, 0.3) is 0 Å². The second kappa shape index (κ2) is 5.59. The molecule has 1 N–H and O–H groups in total. The summed E-state index contributed by atoms with van der Waals surface area (Å²) in [6, 6.07) is 0. The Morgan fingerprint density at radius 3 is 2.25 bits per heavy atom. The average molecular weight is 246 g/mol. The summed E-state index contributed by atoms with van der Waals surface area (Å²) >= 11 is 0. The topological polar surface area (TPSA) is 63.6 Å². The monoisotopic (exact) mass is 246 g/mol. The van der Waals surface area contributed by atoms with Gasteiger partial charge in [0.2, 0.25) is 0 Å². The first-order valence-corrected chi connectivity index (χ1v) is 8.36. The zero-order valence-electron chi connectivity index (χ0n) is 10.7. The first kappa shape index (κ1) is 15.3. The normalized spacial score (nSPS) is 14.6. The molecule has 0 fully saturated rings. The highest BCUT2D eigenvalue weighted by atomic mass is 28.4. The third kappa shape index (κ3) is 4.89. The van der Waals surface area contributed by atoms with Gasteiger partial charge >= 0.3 is 5.97 Å². The zero-order chi connectivity index (χ0) is 13.0. The van der Waals surface area contributed by atoms with Crippen LogP contribution in [0.1, 0.15) is 33.6 Å². The molecule has 0 aromatic heterocycles. The summed E-state index contributed by atoms with van der Waals surface area (Å²) in [7, 11) is -1.99. The Balaban J connectivity index is 4.42. The molecule has 0 unspecified atom stereocenters. The molecule has 0 aliphatic carbocycles. The van der Waals surface area contributed by atoms with Gasteiger partial charge in [0.25, 0.3) is 0 Å². The predicted molar refractivity (Wildman–Crippen MR) is 65.0 cm³/mol. The van der Waals surface area contributed by atoms with E-state index in [1.165, 1.54) is 0 Å². The van der Waals surface area contributed by atoms with Crippen LogP contribution >= 0.6 is 0 Å². The van der Waals surface area contributed by atoms with Crippen LogP contribution in [-0.2, 0) is 14.0 Å². The highest BCUT2D eigenvalue weighted by molar-refractivity contribution is 6.74. The van der Waals surface area contributed by atoms with Gasteiger partial charge in [-0.25, -0.2) is 0 Å². The van der Waals surface area contributed by atoms with E-state index in [9.17, 15) is 9.59 Å². The van der Waals surface area contributed by atoms with Gasteiger partial charge in [-0.05, 0) is 24.6 Å². The van der Waals surface area contributed by atoms with Crippen molar-refractivity contribution in [2.24, 2.45) is 0 Å². The molecule has 0 spiro atoms. The molecule has 16 heavy (non-hydrogen) atoms. The highest BCUT2D eigenvalue weighted by Gasteiger charge is 2.39. The molecule has 0 saturated carbocycles. The number of carbonyl (C=O) groups excluding carboxylic acids is 1. The summed E-state index contributed by atoms with van der Waals surface area (Å²) < 4.78 is 5.81. The number of carboxylic acid groups (broad SMARTS) is 1. The van der Waals surface area contributed by atoms with Crippen molar-refractivity contribution in [3.63, 3.8) is 0 Å². The lowest BCUT2D eigenvalue weighted by molar-refractivity contribution is -0.137. The van der Waals surface area contributed by atoms with E-state index in [1.807, 2.05) is 13.1 Å². The zero-order valence-corrected chi connectivity index (χ0v) is 11.7. The Kier molecular flexibility index (Phi) is 5.35. The number of aliphatic carboxylic acids is 1.